The number of aliphatic hydroxyl groups excluding tert-OH is 3. The SMILES string of the molecule is O=C(O)[C@H]1O[C@@H](Oc2cc(O)c3c(=O)cc(-c4ccc(O)c(O)c4)oc3c2)C(O)[C@@H](O)[C@@H]1O. The predicted octanol–water partition coefficient (Wildman–Crippen LogP) is -0.152. The third kappa shape index (κ3) is 4.03. The molecule has 1 fully saturated rings. The van der Waals surface area contributed by atoms with Crippen molar-refractivity contribution in [3.63, 3.8) is 0 Å². The van der Waals surface area contributed by atoms with E-state index in [0.717, 1.165) is 24.3 Å². The third-order valence-corrected chi connectivity index (χ3v) is 5.11. The van der Waals surface area contributed by atoms with E-state index in [4.69, 9.17) is 19.0 Å². The lowest BCUT2D eigenvalue weighted by Crippen LogP contribution is -2.61. The molecular formula is C21H18O12. The summed E-state index contributed by atoms with van der Waals surface area (Å²) in [6.07, 6.45) is -9.29. The van der Waals surface area contributed by atoms with E-state index in [2.05, 4.69) is 0 Å². The monoisotopic (exact) mass is 462 g/mol. The molecule has 2 aromatic carbocycles. The zero-order chi connectivity index (χ0) is 24.0. The molecule has 174 valence electrons. The van der Waals surface area contributed by atoms with Crippen LogP contribution >= 0.6 is 0 Å². The molecule has 1 aliphatic rings. The average Bonchev–Trinajstić information content (AvgIpc) is 2.75. The molecule has 12 nitrogen and oxygen atoms in total. The smallest absolute Gasteiger partial charge is 0.335 e. The van der Waals surface area contributed by atoms with Crippen molar-refractivity contribution in [1.82, 2.24) is 0 Å². The van der Waals surface area contributed by atoms with Crippen LogP contribution in [0.2, 0.25) is 0 Å². The van der Waals surface area contributed by atoms with Gasteiger partial charge >= 0.3 is 5.97 Å². The first-order valence-electron chi connectivity index (χ1n) is 9.49. The lowest BCUT2D eigenvalue weighted by Gasteiger charge is -2.38. The van der Waals surface area contributed by atoms with Gasteiger partial charge in [-0.25, -0.2) is 4.79 Å². The van der Waals surface area contributed by atoms with Gasteiger partial charge in [0.15, 0.2) is 23.0 Å². The van der Waals surface area contributed by atoms with Gasteiger partial charge in [-0.05, 0) is 18.2 Å². The van der Waals surface area contributed by atoms with Crippen LogP contribution in [0, 0.1) is 0 Å². The van der Waals surface area contributed by atoms with Crippen LogP contribution in [0.3, 0.4) is 0 Å². The van der Waals surface area contributed by atoms with Crippen LogP contribution in [0.1, 0.15) is 0 Å². The maximum absolute atomic E-state index is 12.5. The summed E-state index contributed by atoms with van der Waals surface area (Å²) in [5.74, 6) is -3.22. The van der Waals surface area contributed by atoms with Gasteiger partial charge in [-0.3, -0.25) is 4.79 Å². The Bertz CT molecular complexity index is 1280. The summed E-state index contributed by atoms with van der Waals surface area (Å²) in [6, 6.07) is 6.94. The fraction of sp³-hybridized carbons (Fsp3) is 0.238. The molecule has 5 atom stereocenters. The molecule has 2 heterocycles. The second-order valence-corrected chi connectivity index (χ2v) is 7.35. The topological polar surface area (TPSA) is 207 Å². The number of aromatic hydroxyl groups is 3. The Morgan fingerprint density at radius 3 is 2.27 bits per heavy atom. The largest absolute Gasteiger partial charge is 0.507 e. The van der Waals surface area contributed by atoms with E-state index in [9.17, 15) is 40.2 Å². The summed E-state index contributed by atoms with van der Waals surface area (Å²) in [6.45, 7) is 0. The van der Waals surface area contributed by atoms with E-state index < -0.39 is 53.6 Å². The summed E-state index contributed by atoms with van der Waals surface area (Å²) in [7, 11) is 0. The Morgan fingerprint density at radius 2 is 1.61 bits per heavy atom. The van der Waals surface area contributed by atoms with Crippen LogP contribution in [0.15, 0.2) is 45.6 Å². The van der Waals surface area contributed by atoms with Crippen LogP contribution in [-0.4, -0.2) is 72.4 Å². The van der Waals surface area contributed by atoms with E-state index in [1.165, 1.54) is 12.1 Å². The predicted molar refractivity (Wildman–Crippen MR) is 108 cm³/mol. The molecule has 1 aromatic heterocycles. The molecule has 0 amide bonds. The van der Waals surface area contributed by atoms with Crippen molar-refractivity contribution >= 4 is 16.9 Å². The molecular weight excluding hydrogens is 444 g/mol. The van der Waals surface area contributed by atoms with Crippen LogP contribution in [-0.2, 0) is 9.53 Å². The summed E-state index contributed by atoms with van der Waals surface area (Å²) in [4.78, 5) is 23.8. The van der Waals surface area contributed by atoms with E-state index >= 15 is 0 Å². The first kappa shape index (κ1) is 22.4. The van der Waals surface area contributed by atoms with Gasteiger partial charge in [0.1, 0.15) is 46.5 Å². The minimum Gasteiger partial charge on any atom is -0.507 e. The van der Waals surface area contributed by atoms with Gasteiger partial charge < -0.3 is 49.6 Å². The number of aliphatic carboxylic acids is 1. The van der Waals surface area contributed by atoms with Crippen molar-refractivity contribution in [1.29, 1.82) is 0 Å². The van der Waals surface area contributed by atoms with Crippen molar-refractivity contribution < 1.29 is 54.4 Å². The lowest BCUT2D eigenvalue weighted by molar-refractivity contribution is -0.271. The Labute approximate surface area is 183 Å². The summed E-state index contributed by atoms with van der Waals surface area (Å²) in [5.41, 5.74) is -0.565. The van der Waals surface area contributed by atoms with Gasteiger partial charge in [0.2, 0.25) is 6.29 Å². The molecule has 7 N–H and O–H groups in total. The third-order valence-electron chi connectivity index (χ3n) is 5.11. The Kier molecular flexibility index (Phi) is 5.59. The van der Waals surface area contributed by atoms with Crippen LogP contribution in [0.4, 0.5) is 0 Å². The van der Waals surface area contributed by atoms with Crippen LogP contribution in [0.5, 0.6) is 23.0 Å². The molecule has 0 saturated carbocycles. The van der Waals surface area contributed by atoms with Gasteiger partial charge in [-0.2, -0.15) is 0 Å². The second kappa shape index (κ2) is 8.26. The van der Waals surface area contributed by atoms with Gasteiger partial charge in [0, 0.05) is 23.8 Å². The normalized spacial score (nSPS) is 25.1. The molecule has 1 unspecified atom stereocenters. The highest BCUT2D eigenvalue weighted by molar-refractivity contribution is 5.86. The molecule has 3 aromatic rings. The summed E-state index contributed by atoms with van der Waals surface area (Å²) in [5, 5.41) is 68.2. The average molecular weight is 462 g/mol. The van der Waals surface area contributed by atoms with E-state index in [1.807, 2.05) is 0 Å². The molecule has 4 rings (SSSR count). The number of fused-ring (bicyclic) bond motifs is 1. The number of carboxylic acids is 1. The van der Waals surface area contributed by atoms with E-state index in [1.54, 1.807) is 0 Å². The highest BCUT2D eigenvalue weighted by Crippen LogP contribution is 2.35. The number of phenolic OH excluding ortho intramolecular Hbond substituents is 3. The molecule has 0 bridgehead atoms. The van der Waals surface area contributed by atoms with Crippen molar-refractivity contribution in [2.24, 2.45) is 0 Å². The minimum atomic E-state index is -1.91. The number of benzene rings is 2. The van der Waals surface area contributed by atoms with Crippen molar-refractivity contribution in [2.75, 3.05) is 0 Å². The Balaban J connectivity index is 1.72. The van der Waals surface area contributed by atoms with Crippen molar-refractivity contribution in [2.45, 2.75) is 30.7 Å². The maximum atomic E-state index is 12.5. The molecule has 12 heteroatoms. The fourth-order valence-corrected chi connectivity index (χ4v) is 3.41. The summed E-state index contributed by atoms with van der Waals surface area (Å²) < 4.78 is 16.0. The fourth-order valence-electron chi connectivity index (χ4n) is 3.41. The number of rotatable bonds is 4. The number of ether oxygens (including phenoxy) is 2. The zero-order valence-corrected chi connectivity index (χ0v) is 16.5. The van der Waals surface area contributed by atoms with Gasteiger partial charge in [0.25, 0.3) is 0 Å². The van der Waals surface area contributed by atoms with E-state index in [-0.39, 0.29) is 33.8 Å². The first-order chi connectivity index (χ1) is 15.6. The molecule has 1 saturated heterocycles. The molecule has 0 spiro atoms. The van der Waals surface area contributed by atoms with Gasteiger partial charge in [-0.15, -0.1) is 0 Å². The van der Waals surface area contributed by atoms with Crippen LogP contribution in [0.25, 0.3) is 22.3 Å². The Morgan fingerprint density at radius 1 is 0.879 bits per heavy atom. The zero-order valence-electron chi connectivity index (χ0n) is 16.5. The van der Waals surface area contributed by atoms with Gasteiger partial charge in [-0.1, -0.05) is 0 Å². The number of phenols is 3. The van der Waals surface area contributed by atoms with Crippen molar-refractivity contribution in [3.8, 4) is 34.3 Å². The van der Waals surface area contributed by atoms with Crippen LogP contribution < -0.4 is 10.2 Å². The standard InChI is InChI=1S/C21H18O12/c22-9-2-1-7(3-10(9)23)13-6-12(25)15-11(24)4-8(5-14(15)32-13)31-21-18(28)16(26)17(27)19(33-21)20(29)30/h1-6,16-19,21-24,26-28H,(H,29,30)/t16-,17-,18?,19-,21+/m0/s1. The molecule has 0 aliphatic carbocycles. The maximum Gasteiger partial charge on any atom is 0.335 e. The highest BCUT2D eigenvalue weighted by Gasteiger charge is 2.48. The lowest BCUT2D eigenvalue weighted by atomic mass is 9.99. The quantitative estimate of drug-likeness (QED) is 0.253. The number of carbonyl (C=O) groups is 1. The molecule has 0 radical (unpaired) electrons. The number of hydrogen-bond acceptors (Lipinski definition) is 11. The first-order valence-corrected chi connectivity index (χ1v) is 9.49. The number of carboxylic acid groups (broad SMARTS) is 1. The van der Waals surface area contributed by atoms with E-state index in [0.29, 0.717) is 0 Å². The highest BCUT2D eigenvalue weighted by atomic mass is 16.7. The van der Waals surface area contributed by atoms with Crippen molar-refractivity contribution in [3.05, 3.63) is 46.6 Å². The molecule has 33 heavy (non-hydrogen) atoms. The number of hydrogen-bond donors (Lipinski definition) is 7. The Hall–Kier alpha value is -3.84. The second-order valence-electron chi connectivity index (χ2n) is 7.35. The minimum absolute atomic E-state index is 0.0159. The number of aliphatic hydroxyl groups is 3. The molecule has 1 aliphatic heterocycles. The summed E-state index contributed by atoms with van der Waals surface area (Å²) >= 11 is 0. The van der Waals surface area contributed by atoms with Gasteiger partial charge in [0.05, 0.1) is 0 Å².